The number of carbonyl (C=O) groups excluding carboxylic acids is 1. The van der Waals surface area contributed by atoms with Gasteiger partial charge in [0, 0.05) is 19.1 Å². The molecule has 1 aliphatic heterocycles. The highest BCUT2D eigenvalue weighted by Gasteiger charge is 2.26. The fraction of sp³-hybridized carbons (Fsp3) is 0.533. The Bertz CT molecular complexity index is 671. The number of ether oxygens (including phenoxy) is 1. The second-order valence-corrected chi connectivity index (χ2v) is 5.81. The maximum atomic E-state index is 12.1. The maximum absolute atomic E-state index is 12.1. The summed E-state index contributed by atoms with van der Waals surface area (Å²) in [5, 5.41) is 7.24. The first kappa shape index (κ1) is 12.8. The SMILES string of the molecule is O=C(NCC1CCCO1)c1ccc2nc(C3CC3)cn2n1. The van der Waals surface area contributed by atoms with Gasteiger partial charge in [0.2, 0.25) is 0 Å². The van der Waals surface area contributed by atoms with E-state index in [1.165, 1.54) is 12.8 Å². The number of imidazole rings is 1. The van der Waals surface area contributed by atoms with Crippen molar-refractivity contribution >= 4 is 11.6 Å². The Hall–Kier alpha value is -1.95. The van der Waals surface area contributed by atoms with E-state index < -0.39 is 0 Å². The lowest BCUT2D eigenvalue weighted by Crippen LogP contribution is -2.32. The monoisotopic (exact) mass is 286 g/mol. The Morgan fingerprint density at radius 1 is 1.38 bits per heavy atom. The van der Waals surface area contributed by atoms with Gasteiger partial charge in [0.25, 0.3) is 5.91 Å². The summed E-state index contributed by atoms with van der Waals surface area (Å²) in [6, 6.07) is 3.57. The molecule has 1 saturated heterocycles. The van der Waals surface area contributed by atoms with Crippen molar-refractivity contribution in [1.82, 2.24) is 19.9 Å². The van der Waals surface area contributed by atoms with E-state index in [1.807, 2.05) is 12.3 Å². The zero-order chi connectivity index (χ0) is 14.2. The number of carbonyl (C=O) groups is 1. The minimum absolute atomic E-state index is 0.146. The van der Waals surface area contributed by atoms with Crippen LogP contribution < -0.4 is 5.32 Å². The summed E-state index contributed by atoms with van der Waals surface area (Å²) in [5.74, 6) is 0.428. The van der Waals surface area contributed by atoms with Crippen molar-refractivity contribution in [3.8, 4) is 0 Å². The predicted molar refractivity (Wildman–Crippen MR) is 76.3 cm³/mol. The van der Waals surface area contributed by atoms with Crippen molar-refractivity contribution in [1.29, 1.82) is 0 Å². The Kier molecular flexibility index (Phi) is 3.11. The Labute approximate surface area is 122 Å². The highest BCUT2D eigenvalue weighted by Crippen LogP contribution is 2.39. The third-order valence-corrected chi connectivity index (χ3v) is 4.08. The minimum Gasteiger partial charge on any atom is -0.376 e. The van der Waals surface area contributed by atoms with Crippen molar-refractivity contribution in [2.24, 2.45) is 0 Å². The van der Waals surface area contributed by atoms with Gasteiger partial charge >= 0.3 is 0 Å². The molecule has 6 heteroatoms. The summed E-state index contributed by atoms with van der Waals surface area (Å²) in [6.07, 6.45) is 6.58. The molecule has 0 spiro atoms. The Morgan fingerprint density at radius 3 is 3.05 bits per heavy atom. The highest BCUT2D eigenvalue weighted by molar-refractivity contribution is 5.92. The van der Waals surface area contributed by atoms with Gasteiger partial charge in [-0.2, -0.15) is 5.10 Å². The van der Waals surface area contributed by atoms with E-state index in [-0.39, 0.29) is 12.0 Å². The molecule has 1 unspecified atom stereocenters. The molecule has 110 valence electrons. The van der Waals surface area contributed by atoms with Gasteiger partial charge in [0.15, 0.2) is 5.65 Å². The van der Waals surface area contributed by atoms with Crippen LogP contribution in [-0.4, -0.2) is 39.8 Å². The van der Waals surface area contributed by atoms with E-state index >= 15 is 0 Å². The van der Waals surface area contributed by atoms with Crippen molar-refractivity contribution in [2.45, 2.75) is 37.7 Å². The first-order valence-corrected chi connectivity index (χ1v) is 7.56. The van der Waals surface area contributed by atoms with E-state index in [2.05, 4.69) is 15.4 Å². The zero-order valence-corrected chi connectivity index (χ0v) is 11.8. The van der Waals surface area contributed by atoms with Gasteiger partial charge in [-0.15, -0.1) is 0 Å². The standard InChI is InChI=1S/C15H18N4O2/c20-15(16-8-11-2-1-7-21-11)12-5-6-14-17-13(10-3-4-10)9-19(14)18-12/h5-6,9-11H,1-4,7-8H2,(H,16,20). The molecule has 6 nitrogen and oxygen atoms in total. The Morgan fingerprint density at radius 2 is 2.29 bits per heavy atom. The van der Waals surface area contributed by atoms with E-state index in [9.17, 15) is 4.79 Å². The van der Waals surface area contributed by atoms with Gasteiger partial charge in [-0.1, -0.05) is 0 Å². The maximum Gasteiger partial charge on any atom is 0.271 e. The number of hydrogen-bond acceptors (Lipinski definition) is 4. The molecule has 2 aromatic heterocycles. The lowest BCUT2D eigenvalue weighted by atomic mass is 10.2. The first-order valence-electron chi connectivity index (χ1n) is 7.56. The molecule has 21 heavy (non-hydrogen) atoms. The molecular formula is C15H18N4O2. The summed E-state index contributed by atoms with van der Waals surface area (Å²) < 4.78 is 7.20. The van der Waals surface area contributed by atoms with E-state index in [4.69, 9.17) is 4.74 Å². The zero-order valence-electron chi connectivity index (χ0n) is 11.8. The smallest absolute Gasteiger partial charge is 0.271 e. The van der Waals surface area contributed by atoms with Crippen molar-refractivity contribution < 1.29 is 9.53 Å². The molecule has 2 fully saturated rings. The summed E-state index contributed by atoms with van der Waals surface area (Å²) in [4.78, 5) is 16.7. The van der Waals surface area contributed by atoms with Gasteiger partial charge < -0.3 is 10.1 Å². The van der Waals surface area contributed by atoms with Crippen LogP contribution in [0.5, 0.6) is 0 Å². The highest BCUT2D eigenvalue weighted by atomic mass is 16.5. The summed E-state index contributed by atoms with van der Waals surface area (Å²) in [6.45, 7) is 1.35. The molecule has 4 rings (SSSR count). The number of rotatable bonds is 4. The van der Waals surface area contributed by atoms with E-state index in [0.717, 1.165) is 30.8 Å². The molecule has 1 aliphatic carbocycles. The topological polar surface area (TPSA) is 68.5 Å². The van der Waals surface area contributed by atoms with Crippen LogP contribution in [0.25, 0.3) is 5.65 Å². The molecular weight excluding hydrogens is 268 g/mol. The Balaban J connectivity index is 1.48. The molecule has 1 amide bonds. The second-order valence-electron chi connectivity index (χ2n) is 5.81. The molecule has 3 heterocycles. The fourth-order valence-electron chi connectivity index (χ4n) is 2.70. The first-order chi connectivity index (χ1) is 10.3. The largest absolute Gasteiger partial charge is 0.376 e. The van der Waals surface area contributed by atoms with Crippen LogP contribution in [0, 0.1) is 0 Å². The van der Waals surface area contributed by atoms with E-state index in [1.54, 1.807) is 10.6 Å². The third-order valence-electron chi connectivity index (χ3n) is 4.08. The van der Waals surface area contributed by atoms with Crippen LogP contribution in [0.2, 0.25) is 0 Å². The second kappa shape index (κ2) is 5.11. The fourth-order valence-corrected chi connectivity index (χ4v) is 2.70. The molecule has 1 N–H and O–H groups in total. The number of aromatic nitrogens is 3. The molecule has 2 aliphatic rings. The quantitative estimate of drug-likeness (QED) is 0.925. The van der Waals surface area contributed by atoms with Crippen LogP contribution in [0.15, 0.2) is 18.3 Å². The van der Waals surface area contributed by atoms with Crippen molar-refractivity contribution in [3.63, 3.8) is 0 Å². The molecule has 2 aromatic rings. The van der Waals surface area contributed by atoms with Crippen molar-refractivity contribution in [2.75, 3.05) is 13.2 Å². The number of hydrogen-bond donors (Lipinski definition) is 1. The van der Waals surface area contributed by atoms with Crippen LogP contribution in [0.1, 0.15) is 47.8 Å². The summed E-state index contributed by atoms with van der Waals surface area (Å²) in [5.41, 5.74) is 2.30. The summed E-state index contributed by atoms with van der Waals surface area (Å²) >= 11 is 0. The summed E-state index contributed by atoms with van der Waals surface area (Å²) in [7, 11) is 0. The van der Waals surface area contributed by atoms with Crippen LogP contribution >= 0.6 is 0 Å². The minimum atomic E-state index is -0.158. The van der Waals surface area contributed by atoms with Crippen LogP contribution in [0.3, 0.4) is 0 Å². The number of fused-ring (bicyclic) bond motifs is 1. The number of amides is 1. The predicted octanol–water partition coefficient (Wildman–Crippen LogP) is 1.52. The lowest BCUT2D eigenvalue weighted by Gasteiger charge is -2.10. The van der Waals surface area contributed by atoms with Crippen LogP contribution in [0.4, 0.5) is 0 Å². The van der Waals surface area contributed by atoms with Gasteiger partial charge in [0.1, 0.15) is 5.69 Å². The number of nitrogens with zero attached hydrogens (tertiary/aromatic N) is 3. The van der Waals surface area contributed by atoms with Gasteiger partial charge in [-0.05, 0) is 37.8 Å². The molecule has 0 aromatic carbocycles. The van der Waals surface area contributed by atoms with E-state index in [0.29, 0.717) is 18.2 Å². The average Bonchev–Trinajstić information content (AvgIpc) is 3.06. The van der Waals surface area contributed by atoms with Crippen LogP contribution in [-0.2, 0) is 4.74 Å². The molecule has 1 saturated carbocycles. The van der Waals surface area contributed by atoms with Gasteiger partial charge in [0.05, 0.1) is 18.0 Å². The lowest BCUT2D eigenvalue weighted by molar-refractivity contribution is 0.0852. The molecule has 1 atom stereocenters. The van der Waals surface area contributed by atoms with Gasteiger partial charge in [-0.25, -0.2) is 9.50 Å². The number of nitrogens with one attached hydrogen (secondary N) is 1. The third kappa shape index (κ3) is 2.63. The molecule has 0 bridgehead atoms. The average molecular weight is 286 g/mol. The molecule has 0 radical (unpaired) electrons. The van der Waals surface area contributed by atoms with Crippen molar-refractivity contribution in [3.05, 3.63) is 29.7 Å². The normalized spacial score (nSPS) is 21.8. The van der Waals surface area contributed by atoms with Gasteiger partial charge in [-0.3, -0.25) is 4.79 Å².